The first-order chi connectivity index (χ1) is 41.5. The van der Waals surface area contributed by atoms with Gasteiger partial charge in [0.25, 0.3) is 0 Å². The number of aliphatic hydroxyl groups is 15. The largest absolute Gasteiger partial charge is 0.481 e. The normalized spacial score (nSPS) is 17.5. The summed E-state index contributed by atoms with van der Waals surface area (Å²) in [6.45, 7) is -4.87. The fraction of sp³-hybridized carbons (Fsp3) is 0.750. The summed E-state index contributed by atoms with van der Waals surface area (Å²) in [5, 5.41) is 193. The Balaban J connectivity index is 7.28. The van der Waals surface area contributed by atoms with Crippen LogP contribution >= 0.6 is 12.6 Å². The van der Waals surface area contributed by atoms with Crippen molar-refractivity contribution in [3.63, 3.8) is 0 Å². The highest BCUT2D eigenvalue weighted by atomic mass is 32.1. The second-order valence-electron chi connectivity index (χ2n) is 20.1. The Labute approximate surface area is 511 Å². The highest BCUT2D eigenvalue weighted by Crippen LogP contribution is 2.13. The van der Waals surface area contributed by atoms with Crippen LogP contribution in [0.3, 0.4) is 0 Å². The van der Waals surface area contributed by atoms with Crippen LogP contribution in [0.5, 0.6) is 0 Å². The third kappa shape index (κ3) is 31.1. The standard InChI is InChI=1S/C48H84N10O30S/c1-19(62)52-20(2-7-32(69)50-12-26(63)37(76)40(79)29(66)15-59)43(82)55-23(5-10-35(72)73)46(85)54-22(4-9-34(71)58(49)14-28(65)39(78)42(81)31(68)17-61)44(83)56-24(6-11-36(74)75)45(84)53-21(47(86)57-25(18-89)48(87)88)3-8-33(70)51-13-27(64)38(77)41(80)30(67)16-60/h20-31,37-42,59-61,63-68,76-81,89H,2-18,49H2,1H3,(H,50,69)(H,51,70)(H,52,62)(H,53,84)(H,54,85)(H,55,82)(H,56,83)(H,57,86)(H,72,73)(H,74,75)(H,87,88)/t20-,21-,22-,23-,24-,25-,26-,27-,28-,29+,30+,31+,37+,38+,39+,40+,41+,42+/m0/s1. The quantitative estimate of drug-likeness (QED) is 0.0116. The summed E-state index contributed by atoms with van der Waals surface area (Å²) in [5.74, 6) is -10.9. The van der Waals surface area contributed by atoms with E-state index in [0.717, 1.165) is 6.92 Å². The first-order valence-electron chi connectivity index (χ1n) is 27.1. The van der Waals surface area contributed by atoms with E-state index in [1.165, 1.54) is 0 Å². The number of nitrogens with one attached hydrogen (secondary N) is 8. The maximum atomic E-state index is 14.3. The summed E-state index contributed by atoms with van der Waals surface area (Å²) >= 11 is 3.85. The zero-order valence-electron chi connectivity index (χ0n) is 47.8. The van der Waals surface area contributed by atoms with E-state index in [-0.39, 0.29) is 5.01 Å². The lowest BCUT2D eigenvalue weighted by atomic mass is 10.0. The van der Waals surface area contributed by atoms with Gasteiger partial charge in [-0.2, -0.15) is 12.6 Å². The van der Waals surface area contributed by atoms with Gasteiger partial charge < -0.3 is 134 Å². The van der Waals surface area contributed by atoms with Gasteiger partial charge in [0, 0.05) is 57.9 Å². The number of hydrazine groups is 1. The van der Waals surface area contributed by atoms with Crippen molar-refractivity contribution in [1.82, 2.24) is 47.5 Å². The van der Waals surface area contributed by atoms with Gasteiger partial charge in [-0.3, -0.25) is 57.7 Å². The Bertz CT molecular complexity index is 2320. The molecule has 0 saturated carbocycles. The molecular weight excluding hydrogens is 1230 g/mol. The van der Waals surface area contributed by atoms with Crippen molar-refractivity contribution in [3.8, 4) is 0 Å². The van der Waals surface area contributed by atoms with Gasteiger partial charge in [-0.05, 0) is 32.1 Å². The molecule has 0 heterocycles. The molecule has 28 N–H and O–H groups in total. The first kappa shape index (κ1) is 82.3. The van der Waals surface area contributed by atoms with Crippen molar-refractivity contribution in [2.24, 2.45) is 5.84 Å². The Morgan fingerprint density at radius 3 is 0.944 bits per heavy atom. The van der Waals surface area contributed by atoms with E-state index in [4.69, 9.17) is 21.2 Å². The Hall–Kier alpha value is -6.65. The van der Waals surface area contributed by atoms with Gasteiger partial charge >= 0.3 is 17.9 Å². The summed E-state index contributed by atoms with van der Waals surface area (Å²) in [4.78, 5) is 157. The molecule has 0 spiro atoms. The number of hydrogen-bond donors (Lipinski definition) is 28. The van der Waals surface area contributed by atoms with E-state index in [1.54, 1.807) is 0 Å². The maximum Gasteiger partial charge on any atom is 0.327 e. The van der Waals surface area contributed by atoms with E-state index in [0.29, 0.717) is 0 Å². The molecule has 0 rings (SSSR count). The number of hydrogen-bond acceptors (Lipinski definition) is 29. The Morgan fingerprint density at radius 1 is 0.393 bits per heavy atom. The van der Waals surface area contributed by atoms with Crippen molar-refractivity contribution in [3.05, 3.63) is 0 Å². The summed E-state index contributed by atoms with van der Waals surface area (Å²) in [6.07, 6.45) is -33.1. The molecule has 0 saturated heterocycles. The van der Waals surface area contributed by atoms with E-state index >= 15 is 0 Å². The minimum absolute atomic E-state index is 0.221. The van der Waals surface area contributed by atoms with Crippen LogP contribution in [0.2, 0.25) is 0 Å². The van der Waals surface area contributed by atoms with Gasteiger partial charge in [-0.1, -0.05) is 0 Å². The number of carboxylic acid groups (broad SMARTS) is 3. The van der Waals surface area contributed by atoms with Crippen LogP contribution < -0.4 is 48.4 Å². The van der Waals surface area contributed by atoms with Gasteiger partial charge in [0.15, 0.2) is 0 Å². The predicted molar refractivity (Wildman–Crippen MR) is 295 cm³/mol. The molecule has 9 amide bonds. The van der Waals surface area contributed by atoms with Crippen LogP contribution in [-0.2, 0) is 57.5 Å². The van der Waals surface area contributed by atoms with Crippen LogP contribution in [0.1, 0.15) is 71.1 Å². The van der Waals surface area contributed by atoms with Crippen LogP contribution in [-0.4, -0.2) is 323 Å². The molecule has 0 unspecified atom stereocenters. The molecule has 41 heteroatoms. The second-order valence-corrected chi connectivity index (χ2v) is 20.5. The number of aliphatic carboxylic acids is 3. The summed E-state index contributed by atoms with van der Waals surface area (Å²) in [5.41, 5.74) is 0. The number of carbonyl (C=O) groups excluding carboxylic acids is 9. The van der Waals surface area contributed by atoms with Crippen LogP contribution in [0, 0.1) is 0 Å². The van der Waals surface area contributed by atoms with E-state index in [9.17, 15) is 134 Å². The van der Waals surface area contributed by atoms with Crippen molar-refractivity contribution < 1.29 is 149 Å². The molecule has 0 bridgehead atoms. The number of rotatable bonds is 46. The maximum absolute atomic E-state index is 14.3. The molecule has 512 valence electrons. The van der Waals surface area contributed by atoms with Crippen LogP contribution in [0.4, 0.5) is 0 Å². The number of amides is 9. The van der Waals surface area contributed by atoms with Crippen molar-refractivity contribution in [2.75, 3.05) is 45.2 Å². The highest BCUT2D eigenvalue weighted by Gasteiger charge is 2.37. The third-order valence-corrected chi connectivity index (χ3v) is 13.3. The smallest absolute Gasteiger partial charge is 0.327 e. The van der Waals surface area contributed by atoms with Gasteiger partial charge in [-0.25, -0.2) is 10.6 Å². The van der Waals surface area contributed by atoms with Crippen LogP contribution in [0.15, 0.2) is 0 Å². The number of carboxylic acids is 3. The molecule has 0 radical (unpaired) electrons. The predicted octanol–water partition coefficient (Wildman–Crippen LogP) is -14.8. The summed E-state index contributed by atoms with van der Waals surface area (Å²) < 4.78 is 0. The number of nitrogens with zero attached hydrogens (tertiary/aromatic N) is 1. The number of aliphatic hydroxyl groups excluding tert-OH is 15. The summed E-state index contributed by atoms with van der Waals surface area (Å²) in [7, 11) is 0. The molecule has 0 aliphatic carbocycles. The lowest BCUT2D eigenvalue weighted by Crippen LogP contribution is -2.60. The van der Waals surface area contributed by atoms with Gasteiger partial charge in [0.2, 0.25) is 53.2 Å². The van der Waals surface area contributed by atoms with Crippen LogP contribution in [0.25, 0.3) is 0 Å². The summed E-state index contributed by atoms with van der Waals surface area (Å²) in [6, 6.07) is -11.8. The molecular formula is C48H84N10O30S. The van der Waals surface area contributed by atoms with Gasteiger partial charge in [0.1, 0.15) is 97.3 Å². The fourth-order valence-electron chi connectivity index (χ4n) is 7.59. The van der Waals surface area contributed by atoms with Gasteiger partial charge in [-0.15, -0.1) is 0 Å². The molecule has 0 aromatic heterocycles. The van der Waals surface area contributed by atoms with Crippen molar-refractivity contribution in [2.45, 2.75) is 181 Å². The van der Waals surface area contributed by atoms with E-state index < -0.39 is 290 Å². The lowest BCUT2D eigenvalue weighted by Gasteiger charge is -2.29. The SMILES string of the molecule is CC(=O)N[C@@H](CCC(=O)NC[C@H](O)[C@@H](O)[C@H](O)[C@H](O)CO)C(=O)N[C@@H](CCC(=O)O)C(=O)N[C@@H](CCC(=O)N(N)C[C@H](O)[C@@H](O)[C@H](O)[C@H](O)CO)C(=O)N[C@@H](CCC(=O)O)C(=O)N[C@@H](CCC(=O)NC[C@H](O)[C@@H](O)[C@H](O)[C@H](O)CO)C(=O)N[C@@H](CS)C(=O)O. The molecule has 89 heavy (non-hydrogen) atoms. The highest BCUT2D eigenvalue weighted by molar-refractivity contribution is 7.80. The van der Waals surface area contributed by atoms with Crippen molar-refractivity contribution in [1.29, 1.82) is 0 Å². The molecule has 40 nitrogen and oxygen atoms in total. The Morgan fingerprint density at radius 2 is 0.663 bits per heavy atom. The molecule has 18 atom stereocenters. The topological polar surface area (TPSA) is 694 Å². The van der Waals surface area contributed by atoms with Gasteiger partial charge in [0.05, 0.1) is 38.6 Å². The molecule has 0 aliphatic rings. The molecule has 0 aromatic rings. The third-order valence-electron chi connectivity index (χ3n) is 13.0. The lowest BCUT2D eigenvalue weighted by molar-refractivity contribution is -0.142. The number of thiol groups is 1. The van der Waals surface area contributed by atoms with E-state index in [2.05, 4.69) is 49.8 Å². The zero-order chi connectivity index (χ0) is 68.6. The average molecular weight is 1310 g/mol. The molecule has 0 aromatic carbocycles. The number of nitrogens with two attached hydrogens (primary N) is 1. The molecule has 0 aliphatic heterocycles. The first-order valence-corrected chi connectivity index (χ1v) is 27.8. The Kier molecular flexibility index (Phi) is 39.2. The van der Waals surface area contributed by atoms with Crippen molar-refractivity contribution >= 4 is 83.7 Å². The molecule has 0 fully saturated rings. The monoisotopic (exact) mass is 1310 g/mol. The fourth-order valence-corrected chi connectivity index (χ4v) is 7.84. The minimum Gasteiger partial charge on any atom is -0.481 e. The zero-order valence-corrected chi connectivity index (χ0v) is 48.7. The second kappa shape index (κ2) is 42.4. The average Bonchev–Trinajstić information content (AvgIpc) is 3.61. The van der Waals surface area contributed by atoms with E-state index in [1.807, 2.05) is 5.32 Å². The number of carbonyl (C=O) groups is 12. The minimum atomic E-state index is -2.25.